The van der Waals surface area contributed by atoms with Crippen LogP contribution in [0.15, 0.2) is 0 Å². The Balaban J connectivity index is 1.79. The number of rotatable bonds is 4. The average molecular weight is 296 g/mol. The van der Waals surface area contributed by atoms with E-state index in [0.717, 1.165) is 31.7 Å². The van der Waals surface area contributed by atoms with E-state index in [9.17, 15) is 9.59 Å². The van der Waals surface area contributed by atoms with Gasteiger partial charge in [-0.25, -0.2) is 4.79 Å². The van der Waals surface area contributed by atoms with Crippen molar-refractivity contribution in [2.75, 3.05) is 13.1 Å². The molecule has 0 aromatic heterocycles. The van der Waals surface area contributed by atoms with Crippen molar-refractivity contribution >= 4 is 12.0 Å². The van der Waals surface area contributed by atoms with Gasteiger partial charge in [0.15, 0.2) is 0 Å². The molecule has 1 heterocycles. The molecule has 0 aromatic carbocycles. The summed E-state index contributed by atoms with van der Waals surface area (Å²) in [6, 6.07) is -0.206. The van der Waals surface area contributed by atoms with Crippen LogP contribution in [0.1, 0.15) is 58.3 Å². The van der Waals surface area contributed by atoms with Gasteiger partial charge < -0.3 is 15.3 Å². The molecule has 1 aliphatic heterocycles. The van der Waals surface area contributed by atoms with Crippen LogP contribution < -0.4 is 5.32 Å². The normalized spacial score (nSPS) is 30.0. The van der Waals surface area contributed by atoms with Crippen molar-refractivity contribution < 1.29 is 14.7 Å². The molecule has 5 heteroatoms. The lowest BCUT2D eigenvalue weighted by molar-refractivity contribution is -0.138. The zero-order chi connectivity index (χ0) is 15.2. The third-order valence-electron chi connectivity index (χ3n) is 4.98. The van der Waals surface area contributed by atoms with E-state index in [2.05, 4.69) is 12.2 Å². The summed E-state index contributed by atoms with van der Waals surface area (Å²) in [6.07, 6.45) is 7.76. The number of aliphatic carboxylic acids is 1. The van der Waals surface area contributed by atoms with Gasteiger partial charge in [-0.05, 0) is 43.9 Å². The van der Waals surface area contributed by atoms with Crippen LogP contribution in [0.25, 0.3) is 0 Å². The van der Waals surface area contributed by atoms with Crippen LogP contribution in [0, 0.1) is 11.8 Å². The smallest absolute Gasteiger partial charge is 0.317 e. The van der Waals surface area contributed by atoms with E-state index in [1.165, 1.54) is 25.7 Å². The second-order valence-corrected chi connectivity index (χ2v) is 6.75. The van der Waals surface area contributed by atoms with Crippen LogP contribution >= 0.6 is 0 Å². The highest BCUT2D eigenvalue weighted by Gasteiger charge is 2.29. The Kier molecular flexibility index (Phi) is 5.88. The lowest BCUT2D eigenvalue weighted by atomic mass is 9.83. The predicted octanol–water partition coefficient (Wildman–Crippen LogP) is 2.85. The minimum absolute atomic E-state index is 0.0639. The molecule has 0 bridgehead atoms. The number of hydrogen-bond acceptors (Lipinski definition) is 2. The Labute approximate surface area is 127 Å². The second-order valence-electron chi connectivity index (χ2n) is 6.75. The number of carboxylic acids is 1. The fourth-order valence-corrected chi connectivity index (χ4v) is 3.55. The van der Waals surface area contributed by atoms with Gasteiger partial charge in [-0.15, -0.1) is 0 Å². The third kappa shape index (κ3) is 4.90. The standard InChI is InChI=1S/C16H28N2O3/c1-12-5-7-13(8-6-12)11-17-16(21)18-9-3-2-4-14(18)10-15(19)20/h12-14H,2-11H2,1H3,(H,17,21)(H,19,20). The number of likely N-dealkylation sites (tertiary alicyclic amines) is 1. The predicted molar refractivity (Wildman–Crippen MR) is 81.1 cm³/mol. The molecule has 2 aliphatic rings. The number of piperidine rings is 1. The minimum Gasteiger partial charge on any atom is -0.481 e. The Morgan fingerprint density at radius 1 is 1.14 bits per heavy atom. The van der Waals surface area contributed by atoms with E-state index in [4.69, 9.17) is 5.11 Å². The van der Waals surface area contributed by atoms with E-state index in [-0.39, 0.29) is 18.5 Å². The van der Waals surface area contributed by atoms with Gasteiger partial charge in [-0.3, -0.25) is 4.79 Å². The molecule has 0 radical (unpaired) electrons. The first kappa shape index (κ1) is 16.1. The SMILES string of the molecule is CC1CCC(CNC(=O)N2CCCCC2CC(=O)O)CC1. The summed E-state index contributed by atoms with van der Waals surface area (Å²) in [4.78, 5) is 25.0. The molecule has 2 amide bonds. The Morgan fingerprint density at radius 2 is 1.86 bits per heavy atom. The number of carbonyl (C=O) groups excluding carboxylic acids is 1. The first-order valence-electron chi connectivity index (χ1n) is 8.32. The summed E-state index contributed by atoms with van der Waals surface area (Å²) >= 11 is 0. The molecule has 1 saturated heterocycles. The highest BCUT2D eigenvalue weighted by Crippen LogP contribution is 2.28. The fraction of sp³-hybridized carbons (Fsp3) is 0.875. The summed E-state index contributed by atoms with van der Waals surface area (Å²) in [5.41, 5.74) is 0. The van der Waals surface area contributed by atoms with Crippen LogP contribution in [0.4, 0.5) is 4.79 Å². The molecule has 1 atom stereocenters. The molecule has 0 spiro atoms. The Hall–Kier alpha value is -1.26. The molecule has 120 valence electrons. The molecule has 2 fully saturated rings. The van der Waals surface area contributed by atoms with Crippen LogP contribution in [-0.4, -0.2) is 41.1 Å². The maximum atomic E-state index is 12.3. The average Bonchev–Trinajstić information content (AvgIpc) is 2.46. The minimum atomic E-state index is -0.819. The van der Waals surface area contributed by atoms with Gasteiger partial charge in [0, 0.05) is 19.1 Å². The molecular formula is C16H28N2O3. The van der Waals surface area contributed by atoms with Crippen molar-refractivity contribution in [1.82, 2.24) is 10.2 Å². The van der Waals surface area contributed by atoms with Crippen LogP contribution in [0.3, 0.4) is 0 Å². The quantitative estimate of drug-likeness (QED) is 0.838. The Morgan fingerprint density at radius 3 is 2.52 bits per heavy atom. The largest absolute Gasteiger partial charge is 0.481 e. The molecular weight excluding hydrogens is 268 g/mol. The molecule has 1 aliphatic carbocycles. The number of urea groups is 1. The van der Waals surface area contributed by atoms with Gasteiger partial charge in [0.1, 0.15) is 0 Å². The maximum absolute atomic E-state index is 12.3. The Bertz CT molecular complexity index is 365. The molecule has 2 N–H and O–H groups in total. The van der Waals surface area contributed by atoms with Crippen molar-refractivity contribution in [2.24, 2.45) is 11.8 Å². The van der Waals surface area contributed by atoms with Crippen molar-refractivity contribution in [3.63, 3.8) is 0 Å². The van der Waals surface area contributed by atoms with E-state index < -0.39 is 5.97 Å². The second kappa shape index (κ2) is 7.66. The third-order valence-corrected chi connectivity index (χ3v) is 4.98. The topological polar surface area (TPSA) is 69.6 Å². The zero-order valence-corrected chi connectivity index (χ0v) is 13.0. The molecule has 5 nitrogen and oxygen atoms in total. The summed E-state index contributed by atoms with van der Waals surface area (Å²) in [6.45, 7) is 3.71. The monoisotopic (exact) mass is 296 g/mol. The molecule has 0 aromatic rings. The first-order valence-corrected chi connectivity index (χ1v) is 8.32. The van der Waals surface area contributed by atoms with Gasteiger partial charge in [-0.2, -0.15) is 0 Å². The number of nitrogens with zero attached hydrogens (tertiary/aromatic N) is 1. The fourth-order valence-electron chi connectivity index (χ4n) is 3.55. The summed E-state index contributed by atoms with van der Waals surface area (Å²) < 4.78 is 0. The van der Waals surface area contributed by atoms with Crippen molar-refractivity contribution in [1.29, 1.82) is 0 Å². The zero-order valence-electron chi connectivity index (χ0n) is 13.0. The van der Waals surface area contributed by atoms with Gasteiger partial charge >= 0.3 is 12.0 Å². The molecule has 21 heavy (non-hydrogen) atoms. The summed E-state index contributed by atoms with van der Waals surface area (Å²) in [7, 11) is 0. The molecule has 2 rings (SSSR count). The number of nitrogens with one attached hydrogen (secondary N) is 1. The van der Waals surface area contributed by atoms with Crippen molar-refractivity contribution in [3.05, 3.63) is 0 Å². The maximum Gasteiger partial charge on any atom is 0.317 e. The van der Waals surface area contributed by atoms with Crippen molar-refractivity contribution in [2.45, 2.75) is 64.3 Å². The first-order chi connectivity index (χ1) is 10.1. The van der Waals surface area contributed by atoms with Crippen LogP contribution in [0.5, 0.6) is 0 Å². The van der Waals surface area contributed by atoms with Gasteiger partial charge in [0.2, 0.25) is 0 Å². The number of hydrogen-bond donors (Lipinski definition) is 2. The lowest BCUT2D eigenvalue weighted by Gasteiger charge is -2.35. The lowest BCUT2D eigenvalue weighted by Crippen LogP contribution is -2.50. The van der Waals surface area contributed by atoms with Crippen molar-refractivity contribution in [3.8, 4) is 0 Å². The number of carboxylic acid groups (broad SMARTS) is 1. The van der Waals surface area contributed by atoms with Crippen LogP contribution in [0.2, 0.25) is 0 Å². The molecule has 1 unspecified atom stereocenters. The summed E-state index contributed by atoms with van der Waals surface area (Å²) in [5.74, 6) is 0.591. The van der Waals surface area contributed by atoms with E-state index >= 15 is 0 Å². The van der Waals surface area contributed by atoms with Crippen LogP contribution in [-0.2, 0) is 4.79 Å². The highest BCUT2D eigenvalue weighted by atomic mass is 16.4. The van der Waals surface area contributed by atoms with Gasteiger partial charge in [0.25, 0.3) is 0 Å². The van der Waals surface area contributed by atoms with E-state index in [1.807, 2.05) is 0 Å². The number of amides is 2. The van der Waals surface area contributed by atoms with E-state index in [1.54, 1.807) is 4.90 Å². The number of carbonyl (C=O) groups is 2. The van der Waals surface area contributed by atoms with E-state index in [0.29, 0.717) is 12.5 Å². The highest BCUT2D eigenvalue weighted by molar-refractivity contribution is 5.76. The molecule has 1 saturated carbocycles. The van der Waals surface area contributed by atoms with Gasteiger partial charge in [0.05, 0.1) is 6.42 Å². The van der Waals surface area contributed by atoms with Gasteiger partial charge in [-0.1, -0.05) is 19.8 Å². The summed E-state index contributed by atoms with van der Waals surface area (Å²) in [5, 5.41) is 12.0.